The lowest BCUT2D eigenvalue weighted by Gasteiger charge is -2.38. The molecule has 2 rings (SSSR count). The predicted molar refractivity (Wildman–Crippen MR) is 111 cm³/mol. The normalized spacial score (nSPS) is 19.9. The van der Waals surface area contributed by atoms with Crippen LogP contribution in [0.15, 0.2) is 31.0 Å². The van der Waals surface area contributed by atoms with E-state index in [1.54, 1.807) is 23.2 Å². The number of hydrogen-bond donors (Lipinski definition) is 0. The Morgan fingerprint density at radius 2 is 2.21 bits per heavy atom. The molecular formula is C21H31N3O3Si. The van der Waals surface area contributed by atoms with Crippen LogP contribution in [0.1, 0.15) is 38.4 Å². The van der Waals surface area contributed by atoms with Crippen molar-refractivity contribution >= 4 is 14.4 Å². The lowest BCUT2D eigenvalue weighted by atomic mass is 10.0. The Kier molecular flexibility index (Phi) is 7.02. The molecule has 0 N–H and O–H groups in total. The van der Waals surface area contributed by atoms with Crippen molar-refractivity contribution in [2.24, 2.45) is 0 Å². The van der Waals surface area contributed by atoms with Gasteiger partial charge in [0.15, 0.2) is 8.32 Å². The minimum atomic E-state index is -1.94. The van der Waals surface area contributed by atoms with Gasteiger partial charge in [-0.1, -0.05) is 33.4 Å². The van der Waals surface area contributed by atoms with Crippen molar-refractivity contribution in [2.75, 3.05) is 13.2 Å². The van der Waals surface area contributed by atoms with Gasteiger partial charge in [-0.25, -0.2) is 9.78 Å². The highest BCUT2D eigenvalue weighted by Crippen LogP contribution is 2.39. The van der Waals surface area contributed by atoms with Crippen LogP contribution in [0, 0.1) is 11.3 Å². The van der Waals surface area contributed by atoms with Gasteiger partial charge in [0, 0.05) is 18.8 Å². The zero-order valence-corrected chi connectivity index (χ0v) is 18.6. The van der Waals surface area contributed by atoms with E-state index < -0.39 is 8.32 Å². The third-order valence-corrected chi connectivity index (χ3v) is 10.1. The highest BCUT2D eigenvalue weighted by atomic mass is 28.4. The van der Waals surface area contributed by atoms with Gasteiger partial charge < -0.3 is 14.1 Å². The highest BCUT2D eigenvalue weighted by molar-refractivity contribution is 6.74. The smallest absolute Gasteiger partial charge is 0.410 e. The van der Waals surface area contributed by atoms with E-state index in [4.69, 9.17) is 14.4 Å². The first kappa shape index (κ1) is 22.1. The number of rotatable bonds is 6. The van der Waals surface area contributed by atoms with Crippen molar-refractivity contribution in [3.05, 3.63) is 42.2 Å². The molecule has 1 aliphatic heterocycles. The summed E-state index contributed by atoms with van der Waals surface area (Å²) in [6.45, 7) is 15.4. The summed E-state index contributed by atoms with van der Waals surface area (Å²) in [4.78, 5) is 18.4. The fourth-order valence-electron chi connectivity index (χ4n) is 3.12. The van der Waals surface area contributed by atoms with Crippen LogP contribution in [-0.2, 0) is 15.6 Å². The zero-order valence-electron chi connectivity index (χ0n) is 17.6. The standard InChI is InChI=1S/C21H31N3O3Si/c1-7-10-26-20(25)24-15-19(27-28(5,6)21(2,3)4)13-18(24)12-16-8-9-23-17(11-16)14-22/h7-9,11,18-19H,1,10,12-13,15H2,2-6H3. The van der Waals surface area contributed by atoms with Gasteiger partial charge in [-0.15, -0.1) is 0 Å². The van der Waals surface area contributed by atoms with Gasteiger partial charge in [-0.2, -0.15) is 5.26 Å². The third kappa shape index (κ3) is 5.43. The van der Waals surface area contributed by atoms with Gasteiger partial charge in [0.05, 0.1) is 6.10 Å². The molecule has 28 heavy (non-hydrogen) atoms. The Morgan fingerprint density at radius 1 is 1.50 bits per heavy atom. The molecule has 7 heteroatoms. The molecule has 2 atom stereocenters. The van der Waals surface area contributed by atoms with Crippen molar-refractivity contribution in [1.29, 1.82) is 5.26 Å². The second-order valence-electron chi connectivity index (χ2n) is 8.77. The average Bonchev–Trinajstić information content (AvgIpc) is 3.00. The van der Waals surface area contributed by atoms with Gasteiger partial charge in [-0.05, 0) is 48.7 Å². The monoisotopic (exact) mass is 401 g/mol. The first-order valence-electron chi connectivity index (χ1n) is 9.64. The molecule has 1 aromatic heterocycles. The highest BCUT2D eigenvalue weighted by Gasteiger charge is 2.43. The SMILES string of the molecule is C=CCOC(=O)N1CC(O[Si](C)(C)C(C)(C)C)CC1Cc1ccnc(C#N)c1. The topological polar surface area (TPSA) is 75.4 Å². The maximum absolute atomic E-state index is 12.6. The number of hydrogen-bond acceptors (Lipinski definition) is 5. The predicted octanol–water partition coefficient (Wildman–Crippen LogP) is 4.28. The van der Waals surface area contributed by atoms with Crippen LogP contribution in [-0.4, -0.2) is 49.6 Å². The van der Waals surface area contributed by atoms with Gasteiger partial charge in [0.1, 0.15) is 18.4 Å². The molecule has 6 nitrogen and oxygen atoms in total. The van der Waals surface area contributed by atoms with Crippen LogP contribution in [0.4, 0.5) is 4.79 Å². The molecule has 1 saturated heterocycles. The minimum absolute atomic E-state index is 0.0144. The van der Waals surface area contributed by atoms with E-state index in [9.17, 15) is 4.79 Å². The van der Waals surface area contributed by atoms with E-state index in [0.717, 1.165) is 12.0 Å². The summed E-state index contributed by atoms with van der Waals surface area (Å²) < 4.78 is 11.9. The summed E-state index contributed by atoms with van der Waals surface area (Å²) in [5.74, 6) is 0. The van der Waals surface area contributed by atoms with Crippen LogP contribution in [0.2, 0.25) is 18.1 Å². The molecule has 1 aliphatic rings. The fraction of sp³-hybridized carbons (Fsp3) is 0.571. The summed E-state index contributed by atoms with van der Waals surface area (Å²) in [7, 11) is -1.94. The molecule has 0 saturated carbocycles. The summed E-state index contributed by atoms with van der Waals surface area (Å²) in [5, 5.41) is 9.19. The maximum Gasteiger partial charge on any atom is 0.410 e. The molecule has 0 bridgehead atoms. The van der Waals surface area contributed by atoms with Crippen LogP contribution < -0.4 is 0 Å². The van der Waals surface area contributed by atoms with Crippen molar-refractivity contribution < 1.29 is 14.0 Å². The molecule has 1 fully saturated rings. The summed E-state index contributed by atoms with van der Waals surface area (Å²) in [6.07, 6.45) is 4.22. The Hall–Kier alpha value is -2.17. The largest absolute Gasteiger partial charge is 0.445 e. The summed E-state index contributed by atoms with van der Waals surface area (Å²) >= 11 is 0. The Labute approximate surface area is 169 Å². The van der Waals surface area contributed by atoms with Crippen molar-refractivity contribution in [3.63, 3.8) is 0 Å². The van der Waals surface area contributed by atoms with Gasteiger partial charge in [-0.3, -0.25) is 0 Å². The number of aromatic nitrogens is 1. The fourth-order valence-corrected chi connectivity index (χ4v) is 4.47. The molecule has 2 heterocycles. The minimum Gasteiger partial charge on any atom is -0.445 e. The van der Waals surface area contributed by atoms with Crippen LogP contribution in [0.5, 0.6) is 0 Å². The van der Waals surface area contributed by atoms with Gasteiger partial charge in [0.25, 0.3) is 0 Å². The van der Waals surface area contributed by atoms with Crippen LogP contribution >= 0.6 is 0 Å². The van der Waals surface area contributed by atoms with E-state index in [0.29, 0.717) is 18.7 Å². The molecule has 1 amide bonds. The number of nitriles is 1. The lowest BCUT2D eigenvalue weighted by molar-refractivity contribution is 0.103. The van der Waals surface area contributed by atoms with Crippen LogP contribution in [0.3, 0.4) is 0 Å². The van der Waals surface area contributed by atoms with E-state index in [-0.39, 0.29) is 29.9 Å². The molecule has 0 radical (unpaired) electrons. The van der Waals surface area contributed by atoms with E-state index in [2.05, 4.69) is 51.5 Å². The summed E-state index contributed by atoms with van der Waals surface area (Å²) in [6, 6.07) is 5.68. The third-order valence-electron chi connectivity index (χ3n) is 5.61. The number of likely N-dealkylation sites (tertiary alicyclic amines) is 1. The lowest BCUT2D eigenvalue weighted by Crippen LogP contribution is -2.44. The summed E-state index contributed by atoms with van der Waals surface area (Å²) in [5.41, 5.74) is 1.36. The number of carbonyl (C=O) groups excluding carboxylic acids is 1. The van der Waals surface area contributed by atoms with Crippen LogP contribution in [0.25, 0.3) is 0 Å². The van der Waals surface area contributed by atoms with E-state index in [1.807, 2.05) is 6.07 Å². The number of carbonyl (C=O) groups is 1. The first-order valence-corrected chi connectivity index (χ1v) is 12.6. The van der Waals surface area contributed by atoms with Crippen molar-refractivity contribution in [3.8, 4) is 6.07 Å². The molecule has 0 aliphatic carbocycles. The molecule has 0 spiro atoms. The van der Waals surface area contributed by atoms with Crippen molar-refractivity contribution in [2.45, 2.75) is 63.9 Å². The van der Waals surface area contributed by atoms with E-state index >= 15 is 0 Å². The first-order chi connectivity index (χ1) is 13.1. The number of ether oxygens (including phenoxy) is 1. The van der Waals surface area contributed by atoms with Gasteiger partial charge in [0.2, 0.25) is 0 Å². The average molecular weight is 402 g/mol. The van der Waals surface area contributed by atoms with E-state index in [1.165, 1.54) is 0 Å². The number of amides is 1. The molecule has 152 valence electrons. The Balaban J connectivity index is 2.18. The Morgan fingerprint density at radius 3 is 2.82 bits per heavy atom. The molecular weight excluding hydrogens is 370 g/mol. The molecule has 1 aromatic rings. The second kappa shape index (κ2) is 8.89. The molecule has 0 aromatic carbocycles. The second-order valence-corrected chi connectivity index (χ2v) is 13.5. The van der Waals surface area contributed by atoms with Gasteiger partial charge >= 0.3 is 6.09 Å². The maximum atomic E-state index is 12.6. The molecule has 2 unspecified atom stereocenters. The quantitative estimate of drug-likeness (QED) is 0.525. The number of pyridine rings is 1. The Bertz CT molecular complexity index is 752. The zero-order chi connectivity index (χ0) is 20.9. The number of nitrogens with zero attached hydrogens (tertiary/aromatic N) is 3. The van der Waals surface area contributed by atoms with Crippen molar-refractivity contribution in [1.82, 2.24) is 9.88 Å².